The van der Waals surface area contributed by atoms with Crippen LogP contribution in [0.15, 0.2) is 60.8 Å². The van der Waals surface area contributed by atoms with Crippen LogP contribution >= 0.6 is 0 Å². The molecule has 1 aliphatic rings. The highest BCUT2D eigenvalue weighted by Gasteiger charge is 2.24. The second kappa shape index (κ2) is 10.4. The lowest BCUT2D eigenvalue weighted by Crippen LogP contribution is -2.47. The third kappa shape index (κ3) is 5.06. The van der Waals surface area contributed by atoms with Gasteiger partial charge in [-0.25, -0.2) is 18.3 Å². The van der Waals surface area contributed by atoms with Gasteiger partial charge in [0.1, 0.15) is 17.5 Å². The highest BCUT2D eigenvalue weighted by Crippen LogP contribution is 2.22. The lowest BCUT2D eigenvalue weighted by molar-refractivity contribution is 0.0927. The molecule has 5 rings (SSSR count). The molecule has 0 spiro atoms. The molecule has 1 fully saturated rings. The molecule has 2 atom stereocenters. The first-order valence-electron chi connectivity index (χ1n) is 12.2. The summed E-state index contributed by atoms with van der Waals surface area (Å²) in [5.41, 5.74) is 3.05. The molecule has 2 aromatic heterocycles. The SMILES string of the molecule is CCC(NC(=O)c1ccc(-c2cnc3ccc(NCc4cc(F)ccc4F)nn23)cc1)C1CCCN1. The average Bonchev–Trinajstić information content (AvgIpc) is 3.58. The maximum absolute atomic E-state index is 13.9. The summed E-state index contributed by atoms with van der Waals surface area (Å²) in [6.07, 6.45) is 4.80. The zero-order chi connectivity index (χ0) is 25.1. The van der Waals surface area contributed by atoms with Crippen molar-refractivity contribution in [2.75, 3.05) is 11.9 Å². The van der Waals surface area contributed by atoms with Crippen molar-refractivity contribution in [3.8, 4) is 11.3 Å². The number of hydrogen-bond acceptors (Lipinski definition) is 5. The third-order valence-electron chi connectivity index (χ3n) is 6.61. The molecular weight excluding hydrogens is 462 g/mol. The molecule has 4 aromatic rings. The van der Waals surface area contributed by atoms with Crippen molar-refractivity contribution >= 4 is 17.4 Å². The Kier molecular flexibility index (Phi) is 6.90. The number of fused-ring (bicyclic) bond motifs is 1. The molecule has 0 radical (unpaired) electrons. The lowest BCUT2D eigenvalue weighted by Gasteiger charge is -2.23. The summed E-state index contributed by atoms with van der Waals surface area (Å²) in [5, 5.41) is 14.2. The van der Waals surface area contributed by atoms with E-state index in [1.807, 2.05) is 12.1 Å². The number of carbonyl (C=O) groups is 1. The Hall–Kier alpha value is -3.85. The molecule has 7 nitrogen and oxygen atoms in total. The Balaban J connectivity index is 1.31. The van der Waals surface area contributed by atoms with E-state index < -0.39 is 11.6 Å². The Morgan fingerprint density at radius 2 is 2.00 bits per heavy atom. The van der Waals surface area contributed by atoms with Crippen LogP contribution in [0.1, 0.15) is 42.1 Å². The van der Waals surface area contributed by atoms with Crippen molar-refractivity contribution in [1.82, 2.24) is 25.2 Å². The maximum atomic E-state index is 13.9. The van der Waals surface area contributed by atoms with Gasteiger partial charge in [0.2, 0.25) is 0 Å². The minimum Gasteiger partial charge on any atom is -0.364 e. The first-order chi connectivity index (χ1) is 17.5. The smallest absolute Gasteiger partial charge is 0.251 e. The van der Waals surface area contributed by atoms with E-state index in [0.29, 0.717) is 23.1 Å². The van der Waals surface area contributed by atoms with Crippen molar-refractivity contribution < 1.29 is 13.6 Å². The van der Waals surface area contributed by atoms with Crippen molar-refractivity contribution in [3.63, 3.8) is 0 Å². The Morgan fingerprint density at radius 3 is 2.75 bits per heavy atom. The summed E-state index contributed by atoms with van der Waals surface area (Å²) in [5.74, 6) is -0.574. The molecule has 0 saturated carbocycles. The van der Waals surface area contributed by atoms with Crippen LogP contribution in [0.5, 0.6) is 0 Å². The average molecular weight is 491 g/mol. The quantitative estimate of drug-likeness (QED) is 0.338. The zero-order valence-electron chi connectivity index (χ0n) is 20.0. The zero-order valence-corrected chi connectivity index (χ0v) is 20.0. The monoisotopic (exact) mass is 490 g/mol. The number of nitrogens with zero attached hydrogens (tertiary/aromatic N) is 3. The van der Waals surface area contributed by atoms with Crippen LogP contribution in [0.2, 0.25) is 0 Å². The molecule has 9 heteroatoms. The van der Waals surface area contributed by atoms with Crippen molar-refractivity contribution in [3.05, 3.63) is 83.6 Å². The fourth-order valence-corrected chi connectivity index (χ4v) is 4.62. The molecule has 2 aromatic carbocycles. The van der Waals surface area contributed by atoms with Gasteiger partial charge in [-0.2, -0.15) is 0 Å². The number of rotatable bonds is 8. The second-order valence-electron chi connectivity index (χ2n) is 8.99. The first-order valence-corrected chi connectivity index (χ1v) is 12.2. The molecule has 186 valence electrons. The Morgan fingerprint density at radius 1 is 1.17 bits per heavy atom. The molecule has 3 N–H and O–H groups in total. The topological polar surface area (TPSA) is 83.3 Å². The second-order valence-corrected chi connectivity index (χ2v) is 8.99. The molecule has 36 heavy (non-hydrogen) atoms. The highest BCUT2D eigenvalue weighted by molar-refractivity contribution is 5.94. The first kappa shape index (κ1) is 23.9. The Labute approximate surface area is 207 Å². The summed E-state index contributed by atoms with van der Waals surface area (Å²) in [7, 11) is 0. The van der Waals surface area contributed by atoms with Crippen molar-refractivity contribution in [1.29, 1.82) is 0 Å². The summed E-state index contributed by atoms with van der Waals surface area (Å²) < 4.78 is 29.1. The number of aromatic nitrogens is 3. The standard InChI is InChI=1S/C27H28F2N6O/c1-2-22(23-4-3-13-30-23)33-27(36)18-7-5-17(6-8-18)24-16-32-26-12-11-25(34-35(24)26)31-15-19-14-20(28)9-10-21(19)29/h5-12,14,16,22-23,30H,2-4,13,15H2,1H3,(H,31,34)(H,33,36). The van der Waals surface area contributed by atoms with Crippen LogP contribution in [0.4, 0.5) is 14.6 Å². The molecule has 2 unspecified atom stereocenters. The molecule has 0 aliphatic carbocycles. The summed E-state index contributed by atoms with van der Waals surface area (Å²) in [4.78, 5) is 17.2. The van der Waals surface area contributed by atoms with Gasteiger partial charge in [0, 0.05) is 35.3 Å². The van der Waals surface area contributed by atoms with E-state index in [1.54, 1.807) is 35.0 Å². The van der Waals surface area contributed by atoms with Gasteiger partial charge in [-0.1, -0.05) is 19.1 Å². The van der Waals surface area contributed by atoms with Crippen LogP contribution in [0.25, 0.3) is 16.9 Å². The lowest BCUT2D eigenvalue weighted by atomic mass is 10.0. The summed E-state index contributed by atoms with van der Waals surface area (Å²) >= 11 is 0. The van der Waals surface area contributed by atoms with Crippen LogP contribution in [0.3, 0.4) is 0 Å². The molecule has 3 heterocycles. The van der Waals surface area contributed by atoms with Gasteiger partial charge < -0.3 is 16.0 Å². The summed E-state index contributed by atoms with van der Waals surface area (Å²) in [6, 6.07) is 14.7. The molecule has 1 aliphatic heterocycles. The normalized spacial score (nSPS) is 16.2. The van der Waals surface area contributed by atoms with Gasteiger partial charge in [0.15, 0.2) is 5.65 Å². The fourth-order valence-electron chi connectivity index (χ4n) is 4.62. The van der Waals surface area contributed by atoms with Gasteiger partial charge in [-0.05, 0) is 68.3 Å². The number of carbonyl (C=O) groups excluding carboxylic acids is 1. The maximum Gasteiger partial charge on any atom is 0.251 e. The van der Waals surface area contributed by atoms with Gasteiger partial charge >= 0.3 is 0 Å². The number of amides is 1. The fraction of sp³-hybridized carbons (Fsp3) is 0.296. The van der Waals surface area contributed by atoms with E-state index in [4.69, 9.17) is 0 Å². The number of hydrogen-bond donors (Lipinski definition) is 3. The largest absolute Gasteiger partial charge is 0.364 e. The van der Waals surface area contributed by atoms with Crippen molar-refractivity contribution in [2.24, 2.45) is 0 Å². The molecule has 1 saturated heterocycles. The number of anilines is 1. The number of halogens is 2. The van der Waals surface area contributed by atoms with E-state index in [-0.39, 0.29) is 24.1 Å². The molecule has 0 bridgehead atoms. The van der Waals surface area contributed by atoms with E-state index in [2.05, 4.69) is 33.0 Å². The highest BCUT2D eigenvalue weighted by atomic mass is 19.1. The Bertz CT molecular complexity index is 1360. The minimum atomic E-state index is -0.494. The van der Waals surface area contributed by atoms with E-state index in [9.17, 15) is 13.6 Å². The number of imidazole rings is 1. The van der Waals surface area contributed by atoms with Gasteiger partial charge in [-0.15, -0.1) is 5.10 Å². The van der Waals surface area contributed by atoms with Gasteiger partial charge in [0.25, 0.3) is 5.91 Å². The third-order valence-corrected chi connectivity index (χ3v) is 6.61. The van der Waals surface area contributed by atoms with Crippen LogP contribution in [-0.2, 0) is 6.54 Å². The molecular formula is C27H28F2N6O. The molecule has 1 amide bonds. The minimum absolute atomic E-state index is 0.0884. The summed E-state index contributed by atoms with van der Waals surface area (Å²) in [6.45, 7) is 3.17. The van der Waals surface area contributed by atoms with Crippen LogP contribution < -0.4 is 16.0 Å². The predicted octanol–water partition coefficient (Wildman–Crippen LogP) is 4.55. The van der Waals surface area contributed by atoms with Gasteiger partial charge in [-0.3, -0.25) is 4.79 Å². The van der Waals surface area contributed by atoms with E-state index in [0.717, 1.165) is 55.3 Å². The number of benzene rings is 2. The van der Waals surface area contributed by atoms with E-state index in [1.165, 1.54) is 0 Å². The van der Waals surface area contributed by atoms with Crippen LogP contribution in [0, 0.1) is 11.6 Å². The predicted molar refractivity (Wildman–Crippen MR) is 135 cm³/mol. The van der Waals surface area contributed by atoms with Crippen molar-refractivity contribution in [2.45, 2.75) is 44.8 Å². The van der Waals surface area contributed by atoms with E-state index >= 15 is 0 Å². The van der Waals surface area contributed by atoms with Crippen LogP contribution in [-0.4, -0.2) is 39.1 Å². The van der Waals surface area contributed by atoms with Gasteiger partial charge in [0.05, 0.1) is 11.9 Å². The number of nitrogens with one attached hydrogen (secondary N) is 3.